The number of hydrogen-bond donors (Lipinski definition) is 2. The minimum atomic E-state index is -1.22. The summed E-state index contributed by atoms with van der Waals surface area (Å²) in [6.07, 6.45) is 1.18. The molecule has 3 atom stereocenters. The minimum absolute atomic E-state index is 0.500. The number of aliphatic carboxylic acids is 1. The van der Waals surface area contributed by atoms with E-state index < -0.39 is 29.9 Å². The van der Waals surface area contributed by atoms with E-state index in [0.29, 0.717) is 12.8 Å². The van der Waals surface area contributed by atoms with Crippen molar-refractivity contribution in [3.63, 3.8) is 0 Å². The largest absolute Gasteiger partial charge is 0.481 e. The van der Waals surface area contributed by atoms with Crippen LogP contribution in [0, 0.1) is 11.8 Å². The standard InChI is InChI=1S/C9H14O5/c1-14-9(13)7(8(11)12)5-3-2-4-6(5)10/h5-7,10H,2-4H2,1H3,(H,11,12). The number of carboxylic acid groups (broad SMARTS) is 1. The molecule has 1 saturated carbocycles. The Morgan fingerprint density at radius 3 is 2.43 bits per heavy atom. The zero-order chi connectivity index (χ0) is 10.7. The van der Waals surface area contributed by atoms with Gasteiger partial charge in [0.2, 0.25) is 0 Å². The summed E-state index contributed by atoms with van der Waals surface area (Å²) in [5.41, 5.74) is 0. The highest BCUT2D eigenvalue weighted by Crippen LogP contribution is 2.32. The van der Waals surface area contributed by atoms with E-state index in [1.165, 1.54) is 0 Å². The fraction of sp³-hybridized carbons (Fsp3) is 0.778. The van der Waals surface area contributed by atoms with Gasteiger partial charge in [-0.25, -0.2) is 0 Å². The molecule has 5 nitrogen and oxygen atoms in total. The first-order valence-electron chi connectivity index (χ1n) is 4.56. The number of aliphatic hydroxyl groups is 1. The molecule has 80 valence electrons. The van der Waals surface area contributed by atoms with Gasteiger partial charge in [0.1, 0.15) is 0 Å². The summed E-state index contributed by atoms with van der Waals surface area (Å²) in [5.74, 6) is -3.72. The van der Waals surface area contributed by atoms with Crippen LogP contribution in [0.25, 0.3) is 0 Å². The van der Waals surface area contributed by atoms with E-state index in [-0.39, 0.29) is 0 Å². The third-order valence-corrected chi connectivity index (χ3v) is 2.68. The molecule has 0 heterocycles. The number of carbonyl (C=O) groups excluding carboxylic acids is 1. The minimum Gasteiger partial charge on any atom is -0.481 e. The van der Waals surface area contributed by atoms with Crippen LogP contribution in [-0.2, 0) is 14.3 Å². The van der Waals surface area contributed by atoms with E-state index in [1.807, 2.05) is 0 Å². The third-order valence-electron chi connectivity index (χ3n) is 2.68. The highest BCUT2D eigenvalue weighted by atomic mass is 16.5. The zero-order valence-corrected chi connectivity index (χ0v) is 7.97. The van der Waals surface area contributed by atoms with Gasteiger partial charge in [0.25, 0.3) is 0 Å². The van der Waals surface area contributed by atoms with Crippen molar-refractivity contribution in [3.05, 3.63) is 0 Å². The van der Waals surface area contributed by atoms with Crippen LogP contribution in [0.4, 0.5) is 0 Å². The smallest absolute Gasteiger partial charge is 0.320 e. The molecule has 0 aromatic heterocycles. The number of ether oxygens (including phenoxy) is 1. The summed E-state index contributed by atoms with van der Waals surface area (Å²) in [5, 5.41) is 18.3. The molecule has 5 heteroatoms. The van der Waals surface area contributed by atoms with Crippen LogP contribution < -0.4 is 0 Å². The maximum Gasteiger partial charge on any atom is 0.320 e. The summed E-state index contributed by atoms with van der Waals surface area (Å²) < 4.78 is 4.40. The summed E-state index contributed by atoms with van der Waals surface area (Å²) in [6, 6.07) is 0. The van der Waals surface area contributed by atoms with Gasteiger partial charge < -0.3 is 14.9 Å². The SMILES string of the molecule is COC(=O)C(C(=O)O)C1CCCC1O. The van der Waals surface area contributed by atoms with Crippen LogP contribution in [0.15, 0.2) is 0 Å². The first-order valence-corrected chi connectivity index (χ1v) is 4.56. The quantitative estimate of drug-likeness (QED) is 0.498. The molecule has 0 aliphatic heterocycles. The van der Waals surface area contributed by atoms with Gasteiger partial charge in [-0.1, -0.05) is 6.42 Å². The Kier molecular flexibility index (Phi) is 3.46. The van der Waals surface area contributed by atoms with E-state index >= 15 is 0 Å². The van der Waals surface area contributed by atoms with Gasteiger partial charge in [-0.3, -0.25) is 9.59 Å². The van der Waals surface area contributed by atoms with E-state index in [9.17, 15) is 14.7 Å². The molecule has 3 unspecified atom stereocenters. The lowest BCUT2D eigenvalue weighted by molar-refractivity contribution is -0.161. The Morgan fingerprint density at radius 1 is 1.43 bits per heavy atom. The van der Waals surface area contributed by atoms with Gasteiger partial charge in [0.15, 0.2) is 5.92 Å². The Balaban J connectivity index is 2.76. The summed E-state index contributed by atoms with van der Waals surface area (Å²) >= 11 is 0. The monoisotopic (exact) mass is 202 g/mol. The fourth-order valence-electron chi connectivity index (χ4n) is 1.94. The molecule has 0 radical (unpaired) electrons. The molecular formula is C9H14O5. The second kappa shape index (κ2) is 4.41. The number of carbonyl (C=O) groups is 2. The summed E-state index contributed by atoms with van der Waals surface area (Å²) in [6.45, 7) is 0. The molecule has 1 aliphatic rings. The van der Waals surface area contributed by atoms with Crippen molar-refractivity contribution < 1.29 is 24.5 Å². The molecule has 1 rings (SSSR count). The van der Waals surface area contributed by atoms with E-state index in [4.69, 9.17) is 5.11 Å². The van der Waals surface area contributed by atoms with Crippen LogP contribution in [0.5, 0.6) is 0 Å². The lowest BCUT2D eigenvalue weighted by Gasteiger charge is -2.19. The average Bonchev–Trinajstić information content (AvgIpc) is 2.52. The van der Waals surface area contributed by atoms with Crippen molar-refractivity contribution >= 4 is 11.9 Å². The summed E-state index contributed by atoms with van der Waals surface area (Å²) in [7, 11) is 1.15. The van der Waals surface area contributed by atoms with Crippen molar-refractivity contribution in [2.45, 2.75) is 25.4 Å². The highest BCUT2D eigenvalue weighted by Gasteiger charge is 2.41. The maximum absolute atomic E-state index is 11.2. The lowest BCUT2D eigenvalue weighted by atomic mass is 9.89. The van der Waals surface area contributed by atoms with Gasteiger partial charge in [0.05, 0.1) is 13.2 Å². The predicted octanol–water partition coefficient (Wildman–Crippen LogP) is 0.0212. The first kappa shape index (κ1) is 11.0. The molecule has 1 fully saturated rings. The molecule has 0 aromatic carbocycles. The molecule has 0 spiro atoms. The van der Waals surface area contributed by atoms with Crippen LogP contribution in [0.3, 0.4) is 0 Å². The number of methoxy groups -OCH3 is 1. The predicted molar refractivity (Wildman–Crippen MR) is 46.5 cm³/mol. The van der Waals surface area contributed by atoms with Crippen molar-refractivity contribution in [3.8, 4) is 0 Å². The normalized spacial score (nSPS) is 28.4. The Labute approximate surface area is 81.7 Å². The van der Waals surface area contributed by atoms with Crippen LogP contribution in [-0.4, -0.2) is 35.4 Å². The molecule has 0 saturated heterocycles. The van der Waals surface area contributed by atoms with Crippen LogP contribution in [0.2, 0.25) is 0 Å². The molecule has 0 amide bonds. The lowest BCUT2D eigenvalue weighted by Crippen LogP contribution is -2.36. The third kappa shape index (κ3) is 2.04. The molecular weight excluding hydrogens is 188 g/mol. The summed E-state index contributed by atoms with van der Waals surface area (Å²) in [4.78, 5) is 22.0. The van der Waals surface area contributed by atoms with Crippen molar-refractivity contribution in [2.24, 2.45) is 11.8 Å². The van der Waals surface area contributed by atoms with Crippen molar-refractivity contribution in [1.29, 1.82) is 0 Å². The topological polar surface area (TPSA) is 83.8 Å². The fourth-order valence-corrected chi connectivity index (χ4v) is 1.94. The Bertz CT molecular complexity index is 237. The number of esters is 1. The molecule has 0 bridgehead atoms. The first-order chi connectivity index (χ1) is 6.57. The van der Waals surface area contributed by atoms with Gasteiger partial charge in [-0.05, 0) is 12.8 Å². The maximum atomic E-state index is 11.2. The Morgan fingerprint density at radius 2 is 2.07 bits per heavy atom. The zero-order valence-electron chi connectivity index (χ0n) is 7.97. The van der Waals surface area contributed by atoms with Crippen molar-refractivity contribution in [2.75, 3.05) is 7.11 Å². The number of rotatable bonds is 3. The average molecular weight is 202 g/mol. The van der Waals surface area contributed by atoms with Crippen LogP contribution in [0.1, 0.15) is 19.3 Å². The highest BCUT2D eigenvalue weighted by molar-refractivity contribution is 5.94. The van der Waals surface area contributed by atoms with E-state index in [1.54, 1.807) is 0 Å². The molecule has 0 aromatic rings. The Hall–Kier alpha value is -1.10. The number of carboxylic acids is 1. The van der Waals surface area contributed by atoms with Gasteiger partial charge >= 0.3 is 11.9 Å². The van der Waals surface area contributed by atoms with E-state index in [0.717, 1.165) is 13.5 Å². The van der Waals surface area contributed by atoms with Gasteiger partial charge in [0, 0.05) is 5.92 Å². The number of hydrogen-bond acceptors (Lipinski definition) is 4. The second-order valence-electron chi connectivity index (χ2n) is 3.50. The van der Waals surface area contributed by atoms with E-state index in [2.05, 4.69) is 4.74 Å². The van der Waals surface area contributed by atoms with Crippen LogP contribution >= 0.6 is 0 Å². The van der Waals surface area contributed by atoms with Gasteiger partial charge in [-0.15, -0.1) is 0 Å². The molecule has 1 aliphatic carbocycles. The molecule has 14 heavy (non-hydrogen) atoms. The second-order valence-corrected chi connectivity index (χ2v) is 3.50. The number of aliphatic hydroxyl groups excluding tert-OH is 1. The molecule has 2 N–H and O–H groups in total. The van der Waals surface area contributed by atoms with Gasteiger partial charge in [-0.2, -0.15) is 0 Å². The van der Waals surface area contributed by atoms with Crippen molar-refractivity contribution in [1.82, 2.24) is 0 Å².